The van der Waals surface area contributed by atoms with E-state index in [1.165, 1.54) is 73.3 Å². The number of fused-ring (bicyclic) bond motifs is 2. The van der Waals surface area contributed by atoms with Crippen LogP contribution in [0.2, 0.25) is 5.15 Å². The quantitative estimate of drug-likeness (QED) is 0.130. The van der Waals surface area contributed by atoms with E-state index in [4.69, 9.17) is 11.6 Å². The van der Waals surface area contributed by atoms with E-state index in [1.807, 2.05) is 7.05 Å². The van der Waals surface area contributed by atoms with Gasteiger partial charge in [-0.15, -0.1) is 0 Å². The first-order valence-electron chi connectivity index (χ1n) is 16.4. The molecule has 0 aliphatic rings. The summed E-state index contributed by atoms with van der Waals surface area (Å²) in [6.07, 6.45) is -1.20. The van der Waals surface area contributed by atoms with Crippen LogP contribution >= 0.6 is 11.6 Å². The number of nitrogens with zero attached hydrogens (tertiary/aromatic N) is 8. The van der Waals surface area contributed by atoms with Crippen LogP contribution in [0, 0.1) is 11.6 Å². The van der Waals surface area contributed by atoms with Gasteiger partial charge in [-0.25, -0.2) is 18.7 Å². The summed E-state index contributed by atoms with van der Waals surface area (Å²) >= 11 is 5.63. The number of rotatable bonds is 5. The predicted octanol–water partition coefficient (Wildman–Crippen LogP) is 10.5. The van der Waals surface area contributed by atoms with Crippen LogP contribution in [0.4, 0.5) is 58.1 Å². The van der Waals surface area contributed by atoms with Crippen molar-refractivity contribution in [2.24, 2.45) is 14.1 Å². The molecule has 302 valence electrons. The Bertz CT molecular complexity index is 2630. The second-order valence-corrected chi connectivity index (χ2v) is 12.4. The number of nitrogens with one attached hydrogen (secondary N) is 2. The molecule has 0 spiro atoms. The van der Waals surface area contributed by atoms with E-state index < -0.39 is 29.3 Å². The molecule has 0 saturated heterocycles. The zero-order valence-electron chi connectivity index (χ0n) is 29.8. The monoisotopic (exact) mass is 916 g/mol. The van der Waals surface area contributed by atoms with Crippen LogP contribution in [0.5, 0.6) is 0 Å². The van der Waals surface area contributed by atoms with Crippen LogP contribution < -0.4 is 10.6 Å². The number of aromatic nitrogens is 8. The van der Waals surface area contributed by atoms with Crippen molar-refractivity contribution < 1.29 is 55.5 Å². The molecule has 0 saturated carbocycles. The minimum Gasteiger partial charge on any atom is -0.339 e. The van der Waals surface area contributed by atoms with E-state index in [9.17, 15) is 35.1 Å². The molecule has 0 fully saturated rings. The SMILES string of the molecule is Cn1cc2cc(F)ccc2n1.Cn1nc2ccc(F)cc2c1-c1cncc(Nc2ccc(C(F)(F)F)cc2)n1.FC(F)(F)c1ccc(Nc2cncc(Cl)n2)cc1.[Pd]. The summed E-state index contributed by atoms with van der Waals surface area (Å²) in [6.45, 7) is 0. The Morgan fingerprint density at radius 1 is 0.603 bits per heavy atom. The molecule has 0 aliphatic heterocycles. The Morgan fingerprint density at radius 2 is 1.12 bits per heavy atom. The summed E-state index contributed by atoms with van der Waals surface area (Å²) in [5.74, 6) is 0.0875. The molecule has 0 bridgehead atoms. The Kier molecular flexibility index (Phi) is 13.4. The topological polar surface area (TPSA) is 111 Å². The van der Waals surface area contributed by atoms with Gasteiger partial charge in [0.05, 0.1) is 52.6 Å². The van der Waals surface area contributed by atoms with Gasteiger partial charge in [-0.1, -0.05) is 11.6 Å². The first-order chi connectivity index (χ1) is 27.0. The van der Waals surface area contributed by atoms with E-state index in [-0.39, 0.29) is 31.4 Å². The molecule has 0 radical (unpaired) electrons. The Balaban J connectivity index is 0.000000182. The van der Waals surface area contributed by atoms with Gasteiger partial charge in [0.25, 0.3) is 0 Å². The van der Waals surface area contributed by atoms with Gasteiger partial charge in [0.1, 0.15) is 28.3 Å². The van der Waals surface area contributed by atoms with Crippen molar-refractivity contribution in [1.82, 2.24) is 39.5 Å². The third kappa shape index (κ3) is 11.1. The molecule has 8 rings (SSSR count). The van der Waals surface area contributed by atoms with Gasteiger partial charge in [-0.05, 0) is 84.9 Å². The second kappa shape index (κ2) is 18.1. The largest absolute Gasteiger partial charge is 0.416 e. The maximum absolute atomic E-state index is 13.7. The van der Waals surface area contributed by atoms with E-state index in [2.05, 4.69) is 40.8 Å². The number of anilines is 4. The second-order valence-electron chi connectivity index (χ2n) is 12.1. The molecular weight excluding hydrogens is 890 g/mol. The normalized spacial score (nSPS) is 11.2. The van der Waals surface area contributed by atoms with Crippen molar-refractivity contribution in [2.45, 2.75) is 12.4 Å². The number of halogens is 9. The minimum absolute atomic E-state index is 0. The smallest absolute Gasteiger partial charge is 0.339 e. The van der Waals surface area contributed by atoms with Crippen molar-refractivity contribution in [3.63, 3.8) is 0 Å². The zero-order chi connectivity index (χ0) is 40.9. The average Bonchev–Trinajstić information content (AvgIpc) is 3.69. The zero-order valence-corrected chi connectivity index (χ0v) is 32.1. The fourth-order valence-corrected chi connectivity index (χ4v) is 5.47. The molecule has 4 aromatic carbocycles. The van der Waals surface area contributed by atoms with Crippen LogP contribution in [0.1, 0.15) is 11.1 Å². The van der Waals surface area contributed by atoms with Crippen LogP contribution in [0.25, 0.3) is 33.2 Å². The van der Waals surface area contributed by atoms with E-state index >= 15 is 0 Å². The molecule has 20 heteroatoms. The number of benzene rings is 4. The maximum atomic E-state index is 13.7. The van der Waals surface area contributed by atoms with Crippen molar-refractivity contribution in [3.05, 3.63) is 144 Å². The summed E-state index contributed by atoms with van der Waals surface area (Å²) in [4.78, 5) is 16.3. The summed E-state index contributed by atoms with van der Waals surface area (Å²) < 4.78 is 105. The fraction of sp³-hybridized carbons (Fsp3) is 0.105. The van der Waals surface area contributed by atoms with Gasteiger partial charge >= 0.3 is 12.4 Å². The molecule has 4 aromatic heterocycles. The summed E-state index contributed by atoms with van der Waals surface area (Å²) in [7, 11) is 3.53. The first-order valence-corrected chi connectivity index (χ1v) is 16.8. The molecule has 0 atom stereocenters. The predicted molar refractivity (Wildman–Crippen MR) is 199 cm³/mol. The summed E-state index contributed by atoms with van der Waals surface area (Å²) in [5, 5.41) is 15.8. The van der Waals surface area contributed by atoms with Gasteiger partial charge in [0.2, 0.25) is 0 Å². The molecule has 0 aliphatic carbocycles. The summed E-state index contributed by atoms with van der Waals surface area (Å²) in [5.41, 5.74) is 1.94. The molecule has 10 nitrogen and oxygen atoms in total. The third-order valence-electron chi connectivity index (χ3n) is 7.83. The van der Waals surface area contributed by atoms with Gasteiger partial charge in [0.15, 0.2) is 5.82 Å². The van der Waals surface area contributed by atoms with Crippen molar-refractivity contribution >= 4 is 56.4 Å². The van der Waals surface area contributed by atoms with Crippen molar-refractivity contribution in [3.8, 4) is 11.4 Å². The summed E-state index contributed by atoms with van der Waals surface area (Å²) in [6, 6.07) is 18.0. The first kappa shape index (κ1) is 43.1. The van der Waals surface area contributed by atoms with Gasteiger partial charge in [-0.2, -0.15) is 36.5 Å². The van der Waals surface area contributed by atoms with E-state index in [0.29, 0.717) is 45.3 Å². The Labute approximate surface area is 342 Å². The molecule has 4 heterocycles. The Hall–Kier alpha value is -6.03. The van der Waals surface area contributed by atoms with Crippen molar-refractivity contribution in [2.75, 3.05) is 10.6 Å². The number of alkyl halides is 6. The van der Waals surface area contributed by atoms with Crippen LogP contribution in [0.15, 0.2) is 116 Å². The molecule has 2 N–H and O–H groups in total. The number of aryl methyl sites for hydroxylation is 2. The number of hydrogen-bond acceptors (Lipinski definition) is 8. The number of hydrogen-bond donors (Lipinski definition) is 2. The molecule has 0 unspecified atom stereocenters. The van der Waals surface area contributed by atoms with Gasteiger partial charge in [-0.3, -0.25) is 19.3 Å². The van der Waals surface area contributed by atoms with Gasteiger partial charge < -0.3 is 10.6 Å². The third-order valence-corrected chi connectivity index (χ3v) is 8.01. The Morgan fingerprint density at radius 3 is 1.67 bits per heavy atom. The van der Waals surface area contributed by atoms with Gasteiger partial charge in [0, 0.05) is 62.9 Å². The van der Waals surface area contributed by atoms with E-state index in [0.717, 1.165) is 35.2 Å². The molecule has 0 amide bonds. The van der Waals surface area contributed by atoms with Crippen LogP contribution in [-0.2, 0) is 46.9 Å². The standard InChI is InChI=1S/C19H13F4N5.C11H7ClF3N3.C8H7FN2.Pd/c1-28-18(14-8-12(20)4-7-15(14)27-28)16-9-24-10-17(26-16)25-13-5-2-11(3-6-13)19(21,22)23;12-9-5-16-6-10(18-9)17-8-3-1-7(2-4-8)11(13,14)15;1-11-5-6-4-7(9)2-3-8(6)10-11;/h2-10H,1H3,(H,25,26);1-6H,(H,17,18);2-5H,1H3;. The molecule has 58 heavy (non-hydrogen) atoms. The van der Waals surface area contributed by atoms with Crippen LogP contribution in [-0.4, -0.2) is 39.5 Å². The van der Waals surface area contributed by atoms with Crippen LogP contribution in [0.3, 0.4) is 0 Å². The fourth-order valence-electron chi connectivity index (χ4n) is 5.32. The van der Waals surface area contributed by atoms with E-state index in [1.54, 1.807) is 34.7 Å². The average molecular weight is 918 g/mol. The molecule has 8 aromatic rings. The minimum atomic E-state index is -4.39. The van der Waals surface area contributed by atoms with Crippen molar-refractivity contribution in [1.29, 1.82) is 0 Å². The maximum Gasteiger partial charge on any atom is 0.416 e. The molecular formula is C38H27ClF8N10Pd.